The van der Waals surface area contributed by atoms with E-state index in [1.165, 1.54) is 0 Å². The smallest absolute Gasteiger partial charge is 0.338 e. The van der Waals surface area contributed by atoms with Gasteiger partial charge in [0.05, 0.1) is 13.7 Å². The topological polar surface area (TPSA) is 77.2 Å². The van der Waals surface area contributed by atoms with Gasteiger partial charge >= 0.3 is 5.97 Å². The average Bonchev–Trinajstić information content (AvgIpc) is 3.26. The number of nitrogens with one attached hydrogen (secondary N) is 1. The fraction of sp³-hybridized carbons (Fsp3) is 0.429. The molecule has 1 aliphatic heterocycles. The second-order valence-corrected chi connectivity index (χ2v) is 4.30. The van der Waals surface area contributed by atoms with Crippen LogP contribution >= 0.6 is 0 Å². The maximum absolute atomic E-state index is 11.8. The zero-order valence-corrected chi connectivity index (χ0v) is 11.4. The van der Waals surface area contributed by atoms with Crippen molar-refractivity contribution >= 4 is 11.9 Å². The van der Waals surface area contributed by atoms with Crippen molar-refractivity contribution in [2.45, 2.75) is 25.7 Å². The molecule has 1 saturated heterocycles. The van der Waals surface area contributed by atoms with Gasteiger partial charge in [0.15, 0.2) is 12.2 Å². The van der Waals surface area contributed by atoms with Crippen LogP contribution in [0.5, 0.6) is 5.75 Å². The lowest BCUT2D eigenvalue weighted by molar-refractivity contribution is -0.144. The molecule has 108 valence electrons. The van der Waals surface area contributed by atoms with Crippen molar-refractivity contribution in [3.8, 4) is 5.75 Å². The van der Waals surface area contributed by atoms with E-state index in [0.29, 0.717) is 6.54 Å². The number of rotatable bonds is 6. The number of epoxide rings is 1. The van der Waals surface area contributed by atoms with Gasteiger partial charge in [-0.25, -0.2) is 4.79 Å². The Morgan fingerprint density at radius 1 is 1.25 bits per heavy atom. The van der Waals surface area contributed by atoms with Gasteiger partial charge in [-0.05, 0) is 24.6 Å². The number of benzene rings is 1. The molecule has 0 saturated carbocycles. The van der Waals surface area contributed by atoms with Crippen molar-refractivity contribution in [1.82, 2.24) is 5.32 Å². The molecule has 0 radical (unpaired) electrons. The quantitative estimate of drug-likeness (QED) is 0.611. The van der Waals surface area contributed by atoms with Gasteiger partial charge in [0, 0.05) is 6.54 Å². The third kappa shape index (κ3) is 3.48. The normalized spacial score (nSPS) is 20.1. The van der Waals surface area contributed by atoms with E-state index >= 15 is 0 Å². The van der Waals surface area contributed by atoms with Crippen LogP contribution in [0, 0.1) is 0 Å². The predicted molar refractivity (Wildman–Crippen MR) is 70.1 cm³/mol. The summed E-state index contributed by atoms with van der Waals surface area (Å²) in [5.41, 5.74) is 0.937. The van der Waals surface area contributed by atoms with Crippen molar-refractivity contribution in [3.05, 3.63) is 29.8 Å². The molecule has 1 aromatic rings. The van der Waals surface area contributed by atoms with Gasteiger partial charge in [0.1, 0.15) is 5.75 Å². The molecule has 1 aromatic carbocycles. The number of ether oxygens (including phenoxy) is 3. The van der Waals surface area contributed by atoms with Crippen LogP contribution in [0.4, 0.5) is 0 Å². The Balaban J connectivity index is 1.77. The number of carbonyl (C=O) groups is 2. The summed E-state index contributed by atoms with van der Waals surface area (Å²) >= 11 is 0. The molecule has 6 heteroatoms. The molecular weight excluding hydrogens is 262 g/mol. The number of hydrogen-bond acceptors (Lipinski definition) is 5. The number of amides is 1. The fourth-order valence-electron chi connectivity index (χ4n) is 1.75. The molecule has 1 heterocycles. The monoisotopic (exact) mass is 279 g/mol. The van der Waals surface area contributed by atoms with Gasteiger partial charge in [-0.3, -0.25) is 4.79 Å². The molecule has 0 unspecified atom stereocenters. The van der Waals surface area contributed by atoms with E-state index in [-0.39, 0.29) is 12.5 Å². The second-order valence-electron chi connectivity index (χ2n) is 4.30. The lowest BCUT2D eigenvalue weighted by atomic mass is 10.2. The number of carbonyl (C=O) groups excluding carboxylic acids is 2. The van der Waals surface area contributed by atoms with Gasteiger partial charge in [-0.15, -0.1) is 0 Å². The Bertz CT molecular complexity index is 485. The van der Waals surface area contributed by atoms with E-state index in [4.69, 9.17) is 14.2 Å². The standard InChI is InChI=1S/C14H17NO5/c1-3-19-14(17)12-11(20-12)13(16)15-8-9-4-6-10(18-2)7-5-9/h4-7,11-12H,3,8H2,1-2H3,(H,15,16)/t11-,12+/m1/s1. The largest absolute Gasteiger partial charge is 0.497 e. The van der Waals surface area contributed by atoms with Gasteiger partial charge in [0.25, 0.3) is 5.91 Å². The lowest BCUT2D eigenvalue weighted by Gasteiger charge is -2.05. The van der Waals surface area contributed by atoms with Crippen molar-refractivity contribution in [1.29, 1.82) is 0 Å². The third-order valence-electron chi connectivity index (χ3n) is 2.89. The maximum Gasteiger partial charge on any atom is 0.338 e. The minimum atomic E-state index is -0.759. The van der Waals surface area contributed by atoms with E-state index in [1.54, 1.807) is 14.0 Å². The molecule has 1 amide bonds. The van der Waals surface area contributed by atoms with Crippen molar-refractivity contribution < 1.29 is 23.8 Å². The summed E-state index contributed by atoms with van der Waals surface area (Å²) in [6.45, 7) is 2.36. The van der Waals surface area contributed by atoms with E-state index in [0.717, 1.165) is 11.3 Å². The molecular formula is C14H17NO5. The first kappa shape index (κ1) is 14.3. The molecule has 1 aliphatic rings. The van der Waals surface area contributed by atoms with Crippen LogP contribution in [-0.2, 0) is 25.6 Å². The predicted octanol–water partition coefficient (Wildman–Crippen LogP) is 0.642. The summed E-state index contributed by atoms with van der Waals surface area (Å²) in [7, 11) is 1.59. The maximum atomic E-state index is 11.8. The first-order chi connectivity index (χ1) is 9.65. The van der Waals surface area contributed by atoms with Crippen LogP contribution in [-0.4, -0.2) is 37.8 Å². The molecule has 6 nitrogen and oxygen atoms in total. The van der Waals surface area contributed by atoms with Crippen LogP contribution in [0.1, 0.15) is 12.5 Å². The molecule has 2 rings (SSSR count). The van der Waals surface area contributed by atoms with Gasteiger partial charge in [0.2, 0.25) is 0 Å². The molecule has 1 N–H and O–H groups in total. The van der Waals surface area contributed by atoms with Crippen LogP contribution in [0.15, 0.2) is 24.3 Å². The number of hydrogen-bond donors (Lipinski definition) is 1. The molecule has 1 fully saturated rings. The highest BCUT2D eigenvalue weighted by atomic mass is 16.6. The summed E-state index contributed by atoms with van der Waals surface area (Å²) in [5.74, 6) is -0.0380. The Labute approximate surface area is 117 Å². The van der Waals surface area contributed by atoms with E-state index < -0.39 is 18.2 Å². The van der Waals surface area contributed by atoms with E-state index in [2.05, 4.69) is 5.32 Å². The van der Waals surface area contributed by atoms with Crippen molar-refractivity contribution in [2.24, 2.45) is 0 Å². The Hall–Kier alpha value is -2.08. The lowest BCUT2D eigenvalue weighted by Crippen LogP contribution is -2.30. The third-order valence-corrected chi connectivity index (χ3v) is 2.89. The SMILES string of the molecule is CCOC(=O)[C@H]1O[C@H]1C(=O)NCc1ccc(OC)cc1. The summed E-state index contributed by atoms with van der Waals surface area (Å²) in [5, 5.41) is 2.71. The summed E-state index contributed by atoms with van der Waals surface area (Å²) in [6.07, 6.45) is -1.49. The number of esters is 1. The zero-order valence-electron chi connectivity index (χ0n) is 11.4. The first-order valence-corrected chi connectivity index (χ1v) is 6.38. The van der Waals surface area contributed by atoms with Crippen molar-refractivity contribution in [3.63, 3.8) is 0 Å². The van der Waals surface area contributed by atoms with E-state index in [1.807, 2.05) is 24.3 Å². The minimum absolute atomic E-state index is 0.277. The van der Waals surface area contributed by atoms with Gasteiger partial charge < -0.3 is 19.5 Å². The number of methoxy groups -OCH3 is 1. The average molecular weight is 279 g/mol. The van der Waals surface area contributed by atoms with Crippen LogP contribution in [0.25, 0.3) is 0 Å². The Morgan fingerprint density at radius 2 is 1.95 bits per heavy atom. The van der Waals surface area contributed by atoms with Crippen LogP contribution in [0.3, 0.4) is 0 Å². The Kier molecular flexibility index (Phi) is 4.57. The molecule has 0 aliphatic carbocycles. The summed E-state index contributed by atoms with van der Waals surface area (Å²) < 4.78 is 14.8. The van der Waals surface area contributed by atoms with E-state index in [9.17, 15) is 9.59 Å². The highest BCUT2D eigenvalue weighted by Crippen LogP contribution is 2.23. The molecule has 2 atom stereocenters. The molecule has 0 bridgehead atoms. The Morgan fingerprint density at radius 3 is 2.55 bits per heavy atom. The molecule has 0 aromatic heterocycles. The van der Waals surface area contributed by atoms with Crippen LogP contribution in [0.2, 0.25) is 0 Å². The van der Waals surface area contributed by atoms with Gasteiger partial charge in [-0.2, -0.15) is 0 Å². The van der Waals surface area contributed by atoms with Crippen molar-refractivity contribution in [2.75, 3.05) is 13.7 Å². The van der Waals surface area contributed by atoms with Gasteiger partial charge in [-0.1, -0.05) is 12.1 Å². The molecule has 20 heavy (non-hydrogen) atoms. The minimum Gasteiger partial charge on any atom is -0.497 e. The highest BCUT2D eigenvalue weighted by molar-refractivity contribution is 5.92. The van der Waals surface area contributed by atoms with Crippen LogP contribution < -0.4 is 10.1 Å². The highest BCUT2D eigenvalue weighted by Gasteiger charge is 2.51. The first-order valence-electron chi connectivity index (χ1n) is 6.38. The fourth-order valence-corrected chi connectivity index (χ4v) is 1.75. The zero-order chi connectivity index (χ0) is 14.5. The summed E-state index contributed by atoms with van der Waals surface area (Å²) in [4.78, 5) is 23.1. The molecule has 0 spiro atoms. The summed E-state index contributed by atoms with van der Waals surface area (Å²) in [6, 6.07) is 7.35. The second kappa shape index (κ2) is 6.38.